The lowest BCUT2D eigenvalue weighted by Crippen LogP contribution is -2.49. The molecule has 2 aliphatic rings. The van der Waals surface area contributed by atoms with E-state index in [2.05, 4.69) is 0 Å². The van der Waals surface area contributed by atoms with E-state index >= 15 is 0 Å². The topological polar surface area (TPSA) is 69.7 Å². The van der Waals surface area contributed by atoms with Crippen molar-refractivity contribution in [1.82, 2.24) is 4.90 Å². The van der Waals surface area contributed by atoms with Crippen LogP contribution in [0.5, 0.6) is 5.75 Å². The number of fused-ring (bicyclic) bond motifs is 1. The summed E-state index contributed by atoms with van der Waals surface area (Å²) in [6.07, 6.45) is 0.889. The van der Waals surface area contributed by atoms with Gasteiger partial charge in [0.2, 0.25) is 0 Å². The molecule has 0 N–H and O–H groups in total. The Kier molecular flexibility index (Phi) is 2.69. The van der Waals surface area contributed by atoms with Crippen molar-refractivity contribution in [2.24, 2.45) is 11.8 Å². The first kappa shape index (κ1) is 12.0. The number of nitrogens with zero attached hydrogens (tertiary/aromatic N) is 1. The van der Waals surface area contributed by atoms with Crippen LogP contribution in [0.2, 0.25) is 0 Å². The predicted molar refractivity (Wildman–Crippen MR) is 64.4 cm³/mol. The molecule has 0 radical (unpaired) electrons. The van der Waals surface area contributed by atoms with Gasteiger partial charge in [-0.1, -0.05) is 6.07 Å². The number of ether oxygens (including phenoxy) is 1. The van der Waals surface area contributed by atoms with Gasteiger partial charge in [0.25, 0.3) is 5.91 Å². The highest BCUT2D eigenvalue weighted by Gasteiger charge is 2.54. The predicted octanol–water partition coefficient (Wildman–Crippen LogP) is -0.0944. The van der Waals surface area contributed by atoms with Gasteiger partial charge in [-0.05, 0) is 36.5 Å². The number of carbonyl (C=O) groups is 2. The zero-order valence-electron chi connectivity index (χ0n) is 10.5. The lowest BCUT2D eigenvalue weighted by atomic mass is 10.1. The molecular weight excluding hydrogens is 246 g/mol. The van der Waals surface area contributed by atoms with Gasteiger partial charge in [-0.25, -0.2) is 0 Å². The molecule has 5 heteroatoms. The lowest BCUT2D eigenvalue weighted by Gasteiger charge is -2.28. The van der Waals surface area contributed by atoms with Crippen molar-refractivity contribution < 1.29 is 19.4 Å². The Bertz CT molecular complexity index is 542. The molecule has 1 aromatic carbocycles. The Labute approximate surface area is 110 Å². The second-order valence-electron chi connectivity index (χ2n) is 5.11. The molecule has 1 saturated carbocycles. The first-order chi connectivity index (χ1) is 9.11. The van der Waals surface area contributed by atoms with Crippen LogP contribution in [0, 0.1) is 11.8 Å². The third-order valence-electron chi connectivity index (χ3n) is 3.97. The molecule has 0 spiro atoms. The van der Waals surface area contributed by atoms with Crippen LogP contribution in [0.1, 0.15) is 16.8 Å². The Morgan fingerprint density at radius 2 is 2.21 bits per heavy atom. The van der Waals surface area contributed by atoms with E-state index in [-0.39, 0.29) is 11.8 Å². The van der Waals surface area contributed by atoms with E-state index in [4.69, 9.17) is 4.74 Å². The number of carboxylic acid groups (broad SMARTS) is 1. The fourth-order valence-corrected chi connectivity index (χ4v) is 2.90. The maximum Gasteiger partial charge on any atom is 0.254 e. The summed E-state index contributed by atoms with van der Waals surface area (Å²) in [7, 11) is 1.53. The molecule has 1 saturated heterocycles. The fourth-order valence-electron chi connectivity index (χ4n) is 2.90. The molecule has 0 bridgehead atoms. The molecule has 2 fully saturated rings. The van der Waals surface area contributed by atoms with Crippen LogP contribution in [0.25, 0.3) is 0 Å². The fraction of sp³-hybridized carbons (Fsp3) is 0.429. The third-order valence-corrected chi connectivity index (χ3v) is 3.97. The number of piperidine rings is 1. The van der Waals surface area contributed by atoms with Gasteiger partial charge in [0.1, 0.15) is 5.75 Å². The first-order valence-corrected chi connectivity index (χ1v) is 6.27. The second-order valence-corrected chi connectivity index (χ2v) is 5.11. The summed E-state index contributed by atoms with van der Waals surface area (Å²) < 4.78 is 5.07. The summed E-state index contributed by atoms with van der Waals surface area (Å²) in [6, 6.07) is 5.98. The van der Waals surface area contributed by atoms with E-state index in [0.29, 0.717) is 23.8 Å². The number of carboxylic acids is 1. The molecule has 1 amide bonds. The van der Waals surface area contributed by atoms with Gasteiger partial charge >= 0.3 is 0 Å². The van der Waals surface area contributed by atoms with E-state index in [1.54, 1.807) is 24.3 Å². The number of aliphatic carboxylic acids is 1. The molecule has 19 heavy (non-hydrogen) atoms. The van der Waals surface area contributed by atoms with Gasteiger partial charge in [0.05, 0.1) is 19.1 Å². The number of hydrogen-bond donors (Lipinski definition) is 0. The zero-order chi connectivity index (χ0) is 13.6. The number of rotatable bonds is 3. The van der Waals surface area contributed by atoms with Gasteiger partial charge in [0, 0.05) is 12.1 Å². The molecule has 0 unspecified atom stereocenters. The zero-order valence-corrected chi connectivity index (χ0v) is 10.5. The summed E-state index contributed by atoms with van der Waals surface area (Å²) in [5, 5.41) is 11.2. The number of likely N-dealkylation sites (tertiary alicyclic amines) is 1. The SMILES string of the molecule is COc1cccc(C(=O)N2C[C@H]3C[C@H]3[C@@H]2C(=O)[O-])c1. The van der Waals surface area contributed by atoms with Crippen LogP contribution in [0.4, 0.5) is 0 Å². The van der Waals surface area contributed by atoms with Crippen LogP contribution < -0.4 is 9.84 Å². The molecule has 1 heterocycles. The van der Waals surface area contributed by atoms with Crippen molar-refractivity contribution in [3.63, 3.8) is 0 Å². The number of carbonyl (C=O) groups excluding carboxylic acids is 2. The average Bonchev–Trinajstić information content (AvgIpc) is 3.07. The Morgan fingerprint density at radius 3 is 2.89 bits per heavy atom. The summed E-state index contributed by atoms with van der Waals surface area (Å²) >= 11 is 0. The largest absolute Gasteiger partial charge is 0.548 e. The van der Waals surface area contributed by atoms with Crippen LogP contribution in [0.15, 0.2) is 24.3 Å². The molecule has 3 rings (SSSR count). The highest BCUT2D eigenvalue weighted by Crippen LogP contribution is 2.49. The molecule has 1 aliphatic carbocycles. The molecule has 3 atom stereocenters. The van der Waals surface area contributed by atoms with E-state index < -0.39 is 12.0 Å². The average molecular weight is 260 g/mol. The highest BCUT2D eigenvalue weighted by molar-refractivity contribution is 5.97. The summed E-state index contributed by atoms with van der Waals surface area (Å²) in [6.45, 7) is 0.513. The highest BCUT2D eigenvalue weighted by atomic mass is 16.5. The van der Waals surface area contributed by atoms with Gasteiger partial charge < -0.3 is 19.5 Å². The Morgan fingerprint density at radius 1 is 1.42 bits per heavy atom. The Balaban J connectivity index is 1.85. The van der Waals surface area contributed by atoms with Crippen LogP contribution >= 0.6 is 0 Å². The van der Waals surface area contributed by atoms with Crippen LogP contribution in [-0.4, -0.2) is 36.5 Å². The monoisotopic (exact) mass is 260 g/mol. The normalized spacial score (nSPS) is 27.8. The van der Waals surface area contributed by atoms with Crippen molar-refractivity contribution in [1.29, 1.82) is 0 Å². The molecular formula is C14H14NO4-. The van der Waals surface area contributed by atoms with E-state index in [0.717, 1.165) is 6.42 Å². The van der Waals surface area contributed by atoms with Crippen molar-refractivity contribution in [3.8, 4) is 5.75 Å². The third kappa shape index (κ3) is 1.95. The number of hydrogen-bond acceptors (Lipinski definition) is 4. The molecule has 100 valence electrons. The standard InChI is InChI=1S/C14H15NO4/c1-19-10-4-2-3-8(5-10)13(16)15-7-9-6-11(9)12(15)14(17)18/h2-5,9,11-12H,6-7H2,1H3,(H,17,18)/p-1/t9-,11-,12-/m1/s1. The minimum Gasteiger partial charge on any atom is -0.548 e. The summed E-state index contributed by atoms with van der Waals surface area (Å²) in [5.74, 6) is -0.418. The summed E-state index contributed by atoms with van der Waals surface area (Å²) in [5.41, 5.74) is 0.451. The van der Waals surface area contributed by atoms with E-state index in [9.17, 15) is 14.7 Å². The molecule has 1 aromatic rings. The molecule has 0 aromatic heterocycles. The number of benzene rings is 1. The Hall–Kier alpha value is -2.04. The second kappa shape index (κ2) is 4.26. The number of amides is 1. The van der Waals surface area contributed by atoms with Crippen molar-refractivity contribution in [3.05, 3.63) is 29.8 Å². The minimum absolute atomic E-state index is 0.0829. The van der Waals surface area contributed by atoms with Gasteiger partial charge in [0.15, 0.2) is 0 Å². The summed E-state index contributed by atoms with van der Waals surface area (Å²) in [4.78, 5) is 25.0. The van der Waals surface area contributed by atoms with Crippen molar-refractivity contribution >= 4 is 11.9 Å². The smallest absolute Gasteiger partial charge is 0.254 e. The van der Waals surface area contributed by atoms with Crippen molar-refractivity contribution in [2.45, 2.75) is 12.5 Å². The van der Waals surface area contributed by atoms with E-state index in [1.165, 1.54) is 12.0 Å². The lowest BCUT2D eigenvalue weighted by molar-refractivity contribution is -0.310. The molecule has 1 aliphatic heterocycles. The van der Waals surface area contributed by atoms with Crippen molar-refractivity contribution in [2.75, 3.05) is 13.7 Å². The first-order valence-electron chi connectivity index (χ1n) is 6.27. The minimum atomic E-state index is -1.15. The van der Waals surface area contributed by atoms with Crippen LogP contribution in [-0.2, 0) is 4.79 Å². The maximum atomic E-state index is 12.4. The maximum absolute atomic E-state index is 12.4. The van der Waals surface area contributed by atoms with E-state index in [1.807, 2.05) is 0 Å². The van der Waals surface area contributed by atoms with Crippen LogP contribution in [0.3, 0.4) is 0 Å². The quantitative estimate of drug-likeness (QED) is 0.761. The van der Waals surface area contributed by atoms with Gasteiger partial charge in [-0.3, -0.25) is 4.79 Å². The van der Waals surface area contributed by atoms with Gasteiger partial charge in [-0.2, -0.15) is 0 Å². The number of methoxy groups -OCH3 is 1. The van der Waals surface area contributed by atoms with Gasteiger partial charge in [-0.15, -0.1) is 0 Å². The molecule has 5 nitrogen and oxygen atoms in total.